The van der Waals surface area contributed by atoms with Crippen molar-refractivity contribution in [2.75, 3.05) is 19.5 Å². The van der Waals surface area contributed by atoms with E-state index in [1.54, 1.807) is 7.11 Å². The zero-order valence-corrected chi connectivity index (χ0v) is 10.0. The molecule has 0 atom stereocenters. The molecule has 0 unspecified atom stereocenters. The Hall–Kier alpha value is -1.32. The van der Waals surface area contributed by atoms with Crippen LogP contribution in [0.15, 0.2) is 24.3 Å². The number of ether oxygens (including phenoxy) is 1. The molecule has 0 saturated heterocycles. The molecule has 0 aliphatic heterocycles. The van der Waals surface area contributed by atoms with Crippen molar-refractivity contribution in [1.29, 1.82) is 0 Å². The van der Waals surface area contributed by atoms with E-state index in [1.165, 1.54) is 0 Å². The Morgan fingerprint density at radius 1 is 1.38 bits per heavy atom. The van der Waals surface area contributed by atoms with Gasteiger partial charge in [0.2, 0.25) is 0 Å². The minimum absolute atomic E-state index is 0.507. The van der Waals surface area contributed by atoms with Gasteiger partial charge in [-0.1, -0.05) is 11.6 Å². The van der Waals surface area contributed by atoms with Gasteiger partial charge in [-0.15, -0.1) is 0 Å². The minimum Gasteiger partial charge on any atom is -0.388 e. The highest BCUT2D eigenvalue weighted by Gasteiger charge is 2.05. The van der Waals surface area contributed by atoms with E-state index in [1.807, 2.05) is 31.3 Å². The van der Waals surface area contributed by atoms with E-state index in [0.717, 1.165) is 22.3 Å². The van der Waals surface area contributed by atoms with E-state index < -0.39 is 0 Å². The molecule has 4 heteroatoms. The number of nitrogens with zero attached hydrogens (tertiary/aromatic N) is 1. The molecule has 2 aromatic rings. The molecule has 84 valence electrons. The summed E-state index contributed by atoms with van der Waals surface area (Å²) in [7, 11) is 3.54. The molecule has 1 N–H and O–H groups in total. The summed E-state index contributed by atoms with van der Waals surface area (Å²) >= 11 is 5.97. The van der Waals surface area contributed by atoms with Crippen LogP contribution in [0.25, 0.3) is 10.9 Å². The van der Waals surface area contributed by atoms with Crippen molar-refractivity contribution in [3.05, 3.63) is 35.0 Å². The zero-order chi connectivity index (χ0) is 11.5. The number of halogens is 1. The highest BCUT2D eigenvalue weighted by molar-refractivity contribution is 6.31. The Balaban J connectivity index is 2.63. The first-order chi connectivity index (χ1) is 7.74. The van der Waals surface area contributed by atoms with Gasteiger partial charge >= 0.3 is 0 Å². The summed E-state index contributed by atoms with van der Waals surface area (Å²) in [6.45, 7) is 0.507. The molecule has 1 aromatic heterocycles. The maximum Gasteiger partial charge on any atom is 0.0885 e. The zero-order valence-electron chi connectivity index (χ0n) is 9.25. The van der Waals surface area contributed by atoms with Crippen molar-refractivity contribution in [3.8, 4) is 0 Å². The lowest BCUT2D eigenvalue weighted by Gasteiger charge is -2.09. The Bertz CT molecular complexity index is 514. The first-order valence-corrected chi connectivity index (χ1v) is 5.38. The van der Waals surface area contributed by atoms with Crippen LogP contribution in [0, 0.1) is 0 Å². The van der Waals surface area contributed by atoms with Crippen molar-refractivity contribution in [1.82, 2.24) is 4.98 Å². The number of fused-ring (bicyclic) bond motifs is 1. The second-order valence-corrected chi connectivity index (χ2v) is 3.94. The monoisotopic (exact) mass is 236 g/mol. The highest BCUT2D eigenvalue weighted by Crippen LogP contribution is 2.26. The second kappa shape index (κ2) is 4.68. The predicted octanol–water partition coefficient (Wildman–Crippen LogP) is 3.08. The van der Waals surface area contributed by atoms with Crippen LogP contribution >= 0.6 is 11.6 Å². The number of aromatic nitrogens is 1. The van der Waals surface area contributed by atoms with Crippen LogP contribution in [-0.2, 0) is 11.3 Å². The Morgan fingerprint density at radius 3 is 2.88 bits per heavy atom. The molecular weight excluding hydrogens is 224 g/mol. The van der Waals surface area contributed by atoms with Gasteiger partial charge in [0.15, 0.2) is 0 Å². The van der Waals surface area contributed by atoms with Gasteiger partial charge in [0.1, 0.15) is 0 Å². The number of hydrogen-bond donors (Lipinski definition) is 1. The summed E-state index contributed by atoms with van der Waals surface area (Å²) in [5.41, 5.74) is 2.84. The van der Waals surface area contributed by atoms with Crippen LogP contribution in [0.5, 0.6) is 0 Å². The fraction of sp³-hybridized carbons (Fsp3) is 0.250. The van der Waals surface area contributed by atoms with Crippen LogP contribution in [0.2, 0.25) is 5.02 Å². The summed E-state index contributed by atoms with van der Waals surface area (Å²) in [4.78, 5) is 4.49. The molecule has 0 radical (unpaired) electrons. The Labute approximate surface area is 99.4 Å². The molecule has 0 fully saturated rings. The number of benzene rings is 1. The van der Waals surface area contributed by atoms with Crippen molar-refractivity contribution < 1.29 is 4.74 Å². The third-order valence-electron chi connectivity index (χ3n) is 2.39. The van der Waals surface area contributed by atoms with Gasteiger partial charge in [0.05, 0.1) is 17.8 Å². The van der Waals surface area contributed by atoms with E-state index >= 15 is 0 Å². The van der Waals surface area contributed by atoms with Crippen molar-refractivity contribution in [2.45, 2.75) is 6.61 Å². The lowest BCUT2D eigenvalue weighted by Crippen LogP contribution is -1.97. The maximum absolute atomic E-state index is 5.97. The topological polar surface area (TPSA) is 34.1 Å². The normalized spacial score (nSPS) is 10.7. The molecule has 0 aliphatic carbocycles. The predicted molar refractivity (Wildman–Crippen MR) is 67.0 cm³/mol. The van der Waals surface area contributed by atoms with Gasteiger partial charge in [-0.3, -0.25) is 4.98 Å². The van der Waals surface area contributed by atoms with Crippen LogP contribution in [-0.4, -0.2) is 19.1 Å². The largest absolute Gasteiger partial charge is 0.388 e. The van der Waals surface area contributed by atoms with Crippen LogP contribution in [0.4, 0.5) is 5.69 Å². The Kier molecular flexibility index (Phi) is 3.27. The molecule has 0 amide bonds. The number of pyridine rings is 1. The molecule has 3 nitrogen and oxygen atoms in total. The van der Waals surface area contributed by atoms with Gasteiger partial charge in [0.25, 0.3) is 0 Å². The lowest BCUT2D eigenvalue weighted by atomic mass is 10.1. The lowest BCUT2D eigenvalue weighted by molar-refractivity contribution is 0.182. The summed E-state index contributed by atoms with van der Waals surface area (Å²) in [5, 5.41) is 4.88. The van der Waals surface area contributed by atoms with Gasteiger partial charge in [-0.05, 0) is 24.3 Å². The molecule has 1 aromatic carbocycles. The molecule has 0 aliphatic rings. The third-order valence-corrected chi connectivity index (χ3v) is 2.62. The fourth-order valence-electron chi connectivity index (χ4n) is 1.68. The van der Waals surface area contributed by atoms with E-state index in [0.29, 0.717) is 11.6 Å². The highest BCUT2D eigenvalue weighted by atomic mass is 35.5. The molecule has 0 spiro atoms. The molecular formula is C12H13ClN2O. The van der Waals surface area contributed by atoms with Gasteiger partial charge in [-0.2, -0.15) is 0 Å². The first kappa shape index (κ1) is 11.2. The van der Waals surface area contributed by atoms with Gasteiger partial charge < -0.3 is 10.1 Å². The average Bonchev–Trinajstić information content (AvgIpc) is 2.29. The standard InChI is InChI=1S/C12H13ClN2O/c1-14-12-6-9(7-16-2)15-11-4-3-8(13)5-10(11)12/h3-6H,7H2,1-2H3,(H,14,15). The number of anilines is 1. The molecule has 0 saturated carbocycles. The summed E-state index contributed by atoms with van der Waals surface area (Å²) < 4.78 is 5.08. The summed E-state index contributed by atoms with van der Waals surface area (Å²) in [6.07, 6.45) is 0. The second-order valence-electron chi connectivity index (χ2n) is 3.51. The van der Waals surface area contributed by atoms with Gasteiger partial charge in [0, 0.05) is 30.3 Å². The average molecular weight is 237 g/mol. The van der Waals surface area contributed by atoms with E-state index in [-0.39, 0.29) is 0 Å². The quantitative estimate of drug-likeness (QED) is 0.889. The Morgan fingerprint density at radius 2 is 2.19 bits per heavy atom. The molecule has 2 rings (SSSR count). The van der Waals surface area contributed by atoms with Crippen molar-refractivity contribution >= 4 is 28.2 Å². The number of hydrogen-bond acceptors (Lipinski definition) is 3. The first-order valence-electron chi connectivity index (χ1n) is 5.00. The maximum atomic E-state index is 5.97. The summed E-state index contributed by atoms with van der Waals surface area (Å²) in [6, 6.07) is 7.64. The van der Waals surface area contributed by atoms with Crippen LogP contribution in [0.1, 0.15) is 5.69 Å². The van der Waals surface area contributed by atoms with E-state index in [2.05, 4.69) is 10.3 Å². The smallest absolute Gasteiger partial charge is 0.0885 e. The van der Waals surface area contributed by atoms with E-state index in [4.69, 9.17) is 16.3 Å². The van der Waals surface area contributed by atoms with Crippen molar-refractivity contribution in [2.24, 2.45) is 0 Å². The molecule has 16 heavy (non-hydrogen) atoms. The van der Waals surface area contributed by atoms with Crippen molar-refractivity contribution in [3.63, 3.8) is 0 Å². The number of rotatable bonds is 3. The fourth-order valence-corrected chi connectivity index (χ4v) is 1.85. The van der Waals surface area contributed by atoms with Gasteiger partial charge in [-0.25, -0.2) is 0 Å². The summed E-state index contributed by atoms with van der Waals surface area (Å²) in [5.74, 6) is 0. The molecule has 0 bridgehead atoms. The number of methoxy groups -OCH3 is 1. The third kappa shape index (κ3) is 2.10. The van der Waals surface area contributed by atoms with Crippen LogP contribution < -0.4 is 5.32 Å². The SMILES string of the molecule is CNc1cc(COC)nc2ccc(Cl)cc12. The minimum atomic E-state index is 0.507. The van der Waals surface area contributed by atoms with E-state index in [9.17, 15) is 0 Å². The number of nitrogens with one attached hydrogen (secondary N) is 1. The van der Waals surface area contributed by atoms with Crippen LogP contribution in [0.3, 0.4) is 0 Å². The molecule has 1 heterocycles.